The van der Waals surface area contributed by atoms with Gasteiger partial charge in [0.25, 0.3) is 0 Å². The Morgan fingerprint density at radius 2 is 2.04 bits per heavy atom. The largest absolute Gasteiger partial charge is 0.478 e. The van der Waals surface area contributed by atoms with Gasteiger partial charge in [0.15, 0.2) is 0 Å². The van der Waals surface area contributed by atoms with Crippen molar-refractivity contribution < 1.29 is 14.7 Å². The number of pyridine rings is 1. The Bertz CT molecular complexity index is 850. The summed E-state index contributed by atoms with van der Waals surface area (Å²) in [5.41, 5.74) is 7.44. The molecular weight excluding hydrogens is 322 g/mol. The predicted molar refractivity (Wildman–Crippen MR) is 89.1 cm³/mol. The fourth-order valence-corrected chi connectivity index (χ4v) is 3.79. The number of carbonyl (C=O) groups is 2. The average Bonchev–Trinajstić information content (AvgIpc) is 2.91. The molecule has 2 fully saturated rings. The van der Waals surface area contributed by atoms with E-state index in [-0.39, 0.29) is 17.4 Å². The van der Waals surface area contributed by atoms with Crippen molar-refractivity contribution in [2.75, 3.05) is 18.0 Å². The fraction of sp³-hybridized carbons (Fsp3) is 0.412. The van der Waals surface area contributed by atoms with Gasteiger partial charge in [0, 0.05) is 30.9 Å². The van der Waals surface area contributed by atoms with Crippen LogP contribution in [-0.4, -0.2) is 44.8 Å². The first-order valence-corrected chi connectivity index (χ1v) is 8.20. The van der Waals surface area contributed by atoms with E-state index in [9.17, 15) is 9.59 Å². The molecule has 2 aromatic rings. The third-order valence-electron chi connectivity index (χ3n) is 5.24. The maximum Gasteiger partial charge on any atom is 0.338 e. The molecule has 1 saturated carbocycles. The molecule has 8 heteroatoms. The Morgan fingerprint density at radius 3 is 2.60 bits per heavy atom. The van der Waals surface area contributed by atoms with Gasteiger partial charge >= 0.3 is 5.97 Å². The van der Waals surface area contributed by atoms with Crippen molar-refractivity contribution >= 4 is 17.7 Å². The van der Waals surface area contributed by atoms with Gasteiger partial charge in [0.05, 0.1) is 18.3 Å². The number of rotatable bonds is 5. The number of amides is 1. The van der Waals surface area contributed by atoms with E-state index in [1.54, 1.807) is 4.68 Å². The van der Waals surface area contributed by atoms with Crippen LogP contribution >= 0.6 is 0 Å². The predicted octanol–water partition coefficient (Wildman–Crippen LogP) is 0.501. The summed E-state index contributed by atoms with van der Waals surface area (Å²) in [6.45, 7) is 4.06. The van der Waals surface area contributed by atoms with Gasteiger partial charge in [-0.05, 0) is 30.4 Å². The number of hydrogen-bond acceptors (Lipinski definition) is 5. The third-order valence-corrected chi connectivity index (χ3v) is 5.24. The van der Waals surface area contributed by atoms with Crippen LogP contribution in [0.1, 0.15) is 21.6 Å². The van der Waals surface area contributed by atoms with Crippen molar-refractivity contribution in [1.29, 1.82) is 0 Å². The highest BCUT2D eigenvalue weighted by Gasteiger charge is 2.58. The van der Waals surface area contributed by atoms with E-state index >= 15 is 0 Å². The normalized spacial score (nSPS) is 24.2. The number of piperidine rings is 1. The van der Waals surface area contributed by atoms with Crippen LogP contribution in [0.3, 0.4) is 0 Å². The van der Waals surface area contributed by atoms with E-state index in [1.807, 2.05) is 19.1 Å². The first-order chi connectivity index (χ1) is 11.9. The molecule has 4 rings (SSSR count). The lowest BCUT2D eigenvalue weighted by Crippen LogP contribution is -2.29. The summed E-state index contributed by atoms with van der Waals surface area (Å²) < 4.78 is 1.59. The molecule has 0 spiro atoms. The number of hydrogen-bond donors (Lipinski definition) is 2. The highest BCUT2D eigenvalue weighted by atomic mass is 16.4. The Balaban J connectivity index is 1.45. The molecule has 25 heavy (non-hydrogen) atoms. The van der Waals surface area contributed by atoms with Gasteiger partial charge in [-0.25, -0.2) is 9.78 Å². The van der Waals surface area contributed by atoms with E-state index in [4.69, 9.17) is 10.8 Å². The van der Waals surface area contributed by atoms with Crippen molar-refractivity contribution in [3.63, 3.8) is 0 Å². The molecule has 2 aromatic heterocycles. The Kier molecular flexibility index (Phi) is 3.48. The number of carboxylic acid groups (broad SMARTS) is 1. The number of fused-ring (bicyclic) bond motifs is 1. The SMILES string of the molecule is Cc1nc(N2C[C@@H]3C(C(N)=O)[C@@H]3C2)ccc1Cn1cc(C(=O)O)cn1. The van der Waals surface area contributed by atoms with E-state index < -0.39 is 5.97 Å². The summed E-state index contributed by atoms with van der Waals surface area (Å²) >= 11 is 0. The number of aryl methyl sites for hydroxylation is 1. The van der Waals surface area contributed by atoms with Crippen LogP contribution in [0, 0.1) is 24.7 Å². The van der Waals surface area contributed by atoms with Gasteiger partial charge in [-0.3, -0.25) is 9.48 Å². The lowest BCUT2D eigenvalue weighted by molar-refractivity contribution is -0.119. The van der Waals surface area contributed by atoms with E-state index in [0.29, 0.717) is 18.4 Å². The first kappa shape index (κ1) is 15.6. The van der Waals surface area contributed by atoms with Gasteiger partial charge in [-0.1, -0.05) is 6.07 Å². The minimum Gasteiger partial charge on any atom is -0.478 e. The molecule has 1 amide bonds. The summed E-state index contributed by atoms with van der Waals surface area (Å²) in [5.74, 6) is 0.520. The minimum atomic E-state index is -0.988. The molecule has 0 radical (unpaired) electrons. The zero-order valence-electron chi connectivity index (χ0n) is 13.8. The molecule has 0 aromatic carbocycles. The van der Waals surface area contributed by atoms with Gasteiger partial charge in [0.1, 0.15) is 5.82 Å². The molecule has 1 unspecified atom stereocenters. The number of primary amides is 1. The first-order valence-electron chi connectivity index (χ1n) is 8.20. The summed E-state index contributed by atoms with van der Waals surface area (Å²) in [7, 11) is 0. The van der Waals surface area contributed by atoms with Crippen LogP contribution in [0.5, 0.6) is 0 Å². The third kappa shape index (κ3) is 2.73. The zero-order valence-corrected chi connectivity index (χ0v) is 13.8. The maximum atomic E-state index is 11.3. The maximum absolute atomic E-state index is 11.3. The van der Waals surface area contributed by atoms with Crippen LogP contribution in [0.15, 0.2) is 24.5 Å². The number of carboxylic acids is 1. The Morgan fingerprint density at radius 1 is 1.32 bits per heavy atom. The second-order valence-electron chi connectivity index (χ2n) is 6.81. The van der Waals surface area contributed by atoms with E-state index in [0.717, 1.165) is 30.2 Å². The molecule has 2 aliphatic rings. The van der Waals surface area contributed by atoms with Crippen LogP contribution in [-0.2, 0) is 11.3 Å². The summed E-state index contributed by atoms with van der Waals surface area (Å²) in [5, 5.41) is 13.0. The van der Waals surface area contributed by atoms with Crippen LogP contribution in [0.4, 0.5) is 5.82 Å². The van der Waals surface area contributed by atoms with Crippen molar-refractivity contribution in [2.24, 2.45) is 23.5 Å². The summed E-state index contributed by atoms with van der Waals surface area (Å²) in [4.78, 5) is 29.1. The van der Waals surface area contributed by atoms with Crippen molar-refractivity contribution in [2.45, 2.75) is 13.5 Å². The van der Waals surface area contributed by atoms with Crippen molar-refractivity contribution in [3.05, 3.63) is 41.3 Å². The average molecular weight is 341 g/mol. The van der Waals surface area contributed by atoms with Crippen LogP contribution < -0.4 is 10.6 Å². The fourth-order valence-electron chi connectivity index (χ4n) is 3.79. The standard InChI is InChI=1S/C17H19N5O3/c1-9-10(5-22-6-11(4-19-22)17(24)25)2-3-14(20-9)21-7-12-13(8-21)15(12)16(18)23/h2-4,6,12-13,15H,5,7-8H2,1H3,(H2,18,23)(H,24,25)/t12-,13+,15?. The molecule has 1 aliphatic heterocycles. The molecular formula is C17H19N5O3. The molecule has 3 atom stereocenters. The molecule has 1 saturated heterocycles. The smallest absolute Gasteiger partial charge is 0.338 e. The van der Waals surface area contributed by atoms with Gasteiger partial charge < -0.3 is 15.7 Å². The quantitative estimate of drug-likeness (QED) is 0.818. The zero-order chi connectivity index (χ0) is 17.7. The molecule has 1 aliphatic carbocycles. The summed E-state index contributed by atoms with van der Waals surface area (Å²) in [6, 6.07) is 3.96. The molecule has 3 heterocycles. The number of nitrogens with two attached hydrogens (primary N) is 1. The van der Waals surface area contributed by atoms with Crippen LogP contribution in [0.25, 0.3) is 0 Å². The molecule has 8 nitrogen and oxygen atoms in total. The van der Waals surface area contributed by atoms with Gasteiger partial charge in [0.2, 0.25) is 5.91 Å². The number of aromatic nitrogens is 3. The molecule has 3 N–H and O–H groups in total. The van der Waals surface area contributed by atoms with Gasteiger partial charge in [-0.15, -0.1) is 0 Å². The molecule has 130 valence electrons. The van der Waals surface area contributed by atoms with Crippen LogP contribution in [0.2, 0.25) is 0 Å². The summed E-state index contributed by atoms with van der Waals surface area (Å²) in [6.07, 6.45) is 2.85. The lowest BCUT2D eigenvalue weighted by atomic mass is 10.2. The van der Waals surface area contributed by atoms with E-state index in [2.05, 4.69) is 15.0 Å². The van der Waals surface area contributed by atoms with Crippen molar-refractivity contribution in [3.8, 4) is 0 Å². The Hall–Kier alpha value is -2.90. The number of carbonyl (C=O) groups excluding carboxylic acids is 1. The number of nitrogens with zero attached hydrogens (tertiary/aromatic N) is 4. The number of anilines is 1. The Labute approximate surface area is 144 Å². The topological polar surface area (TPSA) is 114 Å². The second kappa shape index (κ2) is 5.58. The lowest BCUT2D eigenvalue weighted by Gasteiger charge is -2.21. The minimum absolute atomic E-state index is 0.0415. The monoisotopic (exact) mass is 341 g/mol. The highest BCUT2D eigenvalue weighted by Crippen LogP contribution is 2.52. The number of aromatic carboxylic acids is 1. The molecule has 0 bridgehead atoms. The second-order valence-corrected chi connectivity index (χ2v) is 6.81. The van der Waals surface area contributed by atoms with Gasteiger partial charge in [-0.2, -0.15) is 5.10 Å². The van der Waals surface area contributed by atoms with Crippen molar-refractivity contribution in [1.82, 2.24) is 14.8 Å². The van der Waals surface area contributed by atoms with E-state index in [1.165, 1.54) is 12.4 Å². The highest BCUT2D eigenvalue weighted by molar-refractivity contribution is 5.86.